The number of thioether (sulfide) groups is 1. The number of aromatic nitrogens is 2. The summed E-state index contributed by atoms with van der Waals surface area (Å²) in [4.78, 5) is 12.5. The third-order valence-electron chi connectivity index (χ3n) is 4.40. The first-order valence-electron chi connectivity index (χ1n) is 7.78. The number of hydrogen-bond acceptors (Lipinski definition) is 5. The lowest BCUT2D eigenvalue weighted by atomic mass is 10.2. The highest BCUT2D eigenvalue weighted by Gasteiger charge is 2.34. The highest BCUT2D eigenvalue weighted by molar-refractivity contribution is 7.98. The first-order chi connectivity index (χ1) is 11.5. The molecule has 1 saturated heterocycles. The maximum absolute atomic E-state index is 12.5. The van der Waals surface area contributed by atoms with E-state index in [0.29, 0.717) is 17.8 Å². The monoisotopic (exact) mass is 363 g/mol. The molecule has 0 radical (unpaired) electrons. The van der Waals surface area contributed by atoms with Crippen molar-refractivity contribution >= 4 is 33.3 Å². The fourth-order valence-corrected chi connectivity index (χ4v) is 5.89. The molecular weight excluding hydrogens is 346 g/mol. The molecule has 0 bridgehead atoms. The maximum atomic E-state index is 12.5. The molecule has 0 unspecified atom stereocenters. The largest absolute Gasteiger partial charge is 0.306 e. The van der Waals surface area contributed by atoms with Gasteiger partial charge in [-0.2, -0.15) is 16.9 Å². The molecule has 6 nitrogen and oxygen atoms in total. The fourth-order valence-electron chi connectivity index (χ4n) is 3.17. The minimum atomic E-state index is -3.01. The molecule has 0 aliphatic carbocycles. The zero-order chi connectivity index (χ0) is 16.7. The lowest BCUT2D eigenvalue weighted by molar-refractivity contribution is 0.102. The molecule has 1 aromatic heterocycles. The molecule has 2 aliphatic rings. The molecule has 4 rings (SSSR count). The van der Waals surface area contributed by atoms with Gasteiger partial charge in [-0.1, -0.05) is 18.2 Å². The summed E-state index contributed by atoms with van der Waals surface area (Å²) in [6, 6.07) is 8.80. The number of rotatable bonds is 3. The Kier molecular flexibility index (Phi) is 3.88. The number of nitrogens with one attached hydrogen (secondary N) is 1. The normalized spacial score (nSPS) is 21.6. The van der Waals surface area contributed by atoms with Crippen LogP contribution in [-0.2, 0) is 21.3 Å². The highest BCUT2D eigenvalue weighted by atomic mass is 32.2. The van der Waals surface area contributed by atoms with Crippen LogP contribution in [0, 0.1) is 0 Å². The van der Waals surface area contributed by atoms with E-state index < -0.39 is 9.84 Å². The van der Waals surface area contributed by atoms with Crippen molar-refractivity contribution in [2.24, 2.45) is 0 Å². The van der Waals surface area contributed by atoms with Crippen LogP contribution in [0.15, 0.2) is 30.3 Å². The Hall–Kier alpha value is -1.80. The summed E-state index contributed by atoms with van der Waals surface area (Å²) < 4.78 is 25.4. The Labute approximate surface area is 144 Å². The number of amides is 1. The average Bonchev–Trinajstić information content (AvgIpc) is 3.24. The Bertz CT molecular complexity index is 891. The van der Waals surface area contributed by atoms with Crippen molar-refractivity contribution in [1.29, 1.82) is 0 Å². The topological polar surface area (TPSA) is 81.1 Å². The van der Waals surface area contributed by atoms with Crippen LogP contribution in [-0.4, -0.2) is 35.6 Å². The molecule has 1 aromatic carbocycles. The predicted octanol–water partition coefficient (Wildman–Crippen LogP) is 2.24. The first-order valence-corrected chi connectivity index (χ1v) is 10.8. The van der Waals surface area contributed by atoms with Gasteiger partial charge < -0.3 is 5.32 Å². The maximum Gasteiger partial charge on any atom is 0.256 e. The average molecular weight is 363 g/mol. The number of nitrogens with zero attached hydrogens (tertiary/aromatic N) is 2. The standard InChI is InChI=1S/C16H17N3O3S2/c20-16(11-4-2-1-3-5-11)17-15-13-8-23-9-14(13)18-19(15)12-6-7-24(21,22)10-12/h1-5,12H,6-10H2,(H,17,20)/t12-/m0/s1. The summed E-state index contributed by atoms with van der Waals surface area (Å²) in [6.45, 7) is 0. The van der Waals surface area contributed by atoms with E-state index in [4.69, 9.17) is 0 Å². The highest BCUT2D eigenvalue weighted by Crippen LogP contribution is 2.38. The molecule has 8 heteroatoms. The number of carbonyl (C=O) groups excluding carboxylic acids is 1. The number of hydrogen-bond donors (Lipinski definition) is 1. The first kappa shape index (κ1) is 15.7. The van der Waals surface area contributed by atoms with Gasteiger partial charge in [-0.3, -0.25) is 4.79 Å². The molecule has 0 spiro atoms. The summed E-state index contributed by atoms with van der Waals surface area (Å²) in [7, 11) is -3.01. The quantitative estimate of drug-likeness (QED) is 0.904. The molecule has 24 heavy (non-hydrogen) atoms. The van der Waals surface area contributed by atoms with E-state index in [9.17, 15) is 13.2 Å². The zero-order valence-corrected chi connectivity index (χ0v) is 14.6. The molecule has 126 valence electrons. The summed E-state index contributed by atoms with van der Waals surface area (Å²) >= 11 is 1.75. The smallest absolute Gasteiger partial charge is 0.256 e. The second kappa shape index (κ2) is 5.93. The number of fused-ring (bicyclic) bond motifs is 1. The molecule has 1 atom stereocenters. The molecule has 0 saturated carbocycles. The second-order valence-electron chi connectivity index (χ2n) is 6.09. The van der Waals surface area contributed by atoms with Crippen LogP contribution >= 0.6 is 11.8 Å². The Morgan fingerprint density at radius 2 is 2.04 bits per heavy atom. The van der Waals surface area contributed by atoms with Gasteiger partial charge in [0.05, 0.1) is 23.2 Å². The zero-order valence-electron chi connectivity index (χ0n) is 12.9. The number of benzene rings is 1. The van der Waals surface area contributed by atoms with Gasteiger partial charge in [0.25, 0.3) is 5.91 Å². The van der Waals surface area contributed by atoms with Crippen LogP contribution in [0.5, 0.6) is 0 Å². The minimum absolute atomic E-state index is 0.0922. The van der Waals surface area contributed by atoms with E-state index in [1.165, 1.54) is 0 Å². The van der Waals surface area contributed by atoms with Crippen LogP contribution in [0.1, 0.15) is 34.1 Å². The van der Waals surface area contributed by atoms with Crippen LogP contribution in [0.3, 0.4) is 0 Å². The second-order valence-corrected chi connectivity index (χ2v) is 9.30. The van der Waals surface area contributed by atoms with E-state index in [0.717, 1.165) is 22.8 Å². The van der Waals surface area contributed by atoms with E-state index in [1.54, 1.807) is 28.6 Å². The van der Waals surface area contributed by atoms with Crippen molar-refractivity contribution in [3.63, 3.8) is 0 Å². The SMILES string of the molecule is O=C(Nc1c2c(nn1[C@H]1CCS(=O)(=O)C1)CSC2)c1ccccc1. The third kappa shape index (κ3) is 2.84. The number of anilines is 1. The van der Waals surface area contributed by atoms with Gasteiger partial charge in [-0.25, -0.2) is 13.1 Å². The number of sulfone groups is 1. The van der Waals surface area contributed by atoms with E-state index in [1.807, 2.05) is 18.2 Å². The molecule has 3 heterocycles. The van der Waals surface area contributed by atoms with Crippen LogP contribution in [0.2, 0.25) is 0 Å². The summed E-state index contributed by atoms with van der Waals surface area (Å²) in [6.07, 6.45) is 0.546. The van der Waals surface area contributed by atoms with Gasteiger partial charge in [0.15, 0.2) is 9.84 Å². The van der Waals surface area contributed by atoms with Crippen molar-refractivity contribution in [2.45, 2.75) is 24.0 Å². The van der Waals surface area contributed by atoms with E-state index >= 15 is 0 Å². The molecular formula is C16H17N3O3S2. The minimum Gasteiger partial charge on any atom is -0.306 e. The Morgan fingerprint density at radius 3 is 2.75 bits per heavy atom. The van der Waals surface area contributed by atoms with Crippen molar-refractivity contribution in [3.8, 4) is 0 Å². The van der Waals surface area contributed by atoms with E-state index in [2.05, 4.69) is 10.4 Å². The van der Waals surface area contributed by atoms with Crippen LogP contribution in [0.4, 0.5) is 5.82 Å². The van der Waals surface area contributed by atoms with Crippen LogP contribution in [0.25, 0.3) is 0 Å². The van der Waals surface area contributed by atoms with Gasteiger partial charge >= 0.3 is 0 Å². The van der Waals surface area contributed by atoms with Gasteiger partial charge in [-0.15, -0.1) is 0 Å². The lowest BCUT2D eigenvalue weighted by Gasteiger charge is -2.15. The summed E-state index contributed by atoms with van der Waals surface area (Å²) in [5.74, 6) is 2.33. The Morgan fingerprint density at radius 1 is 1.25 bits per heavy atom. The third-order valence-corrected chi connectivity index (χ3v) is 7.12. The number of carbonyl (C=O) groups is 1. The summed E-state index contributed by atoms with van der Waals surface area (Å²) in [5, 5.41) is 7.57. The summed E-state index contributed by atoms with van der Waals surface area (Å²) in [5.41, 5.74) is 2.55. The molecule has 1 N–H and O–H groups in total. The van der Waals surface area contributed by atoms with Gasteiger partial charge in [0.2, 0.25) is 0 Å². The lowest BCUT2D eigenvalue weighted by Crippen LogP contribution is -2.20. The van der Waals surface area contributed by atoms with Crippen molar-refractivity contribution < 1.29 is 13.2 Å². The molecule has 1 fully saturated rings. The van der Waals surface area contributed by atoms with Crippen molar-refractivity contribution in [3.05, 3.63) is 47.2 Å². The predicted molar refractivity (Wildman–Crippen MR) is 93.9 cm³/mol. The molecule has 2 aromatic rings. The van der Waals surface area contributed by atoms with E-state index in [-0.39, 0.29) is 23.5 Å². The van der Waals surface area contributed by atoms with Gasteiger partial charge in [0, 0.05) is 22.6 Å². The molecule has 1 amide bonds. The van der Waals surface area contributed by atoms with Gasteiger partial charge in [-0.05, 0) is 18.6 Å². The molecule has 2 aliphatic heterocycles. The van der Waals surface area contributed by atoms with Crippen LogP contribution < -0.4 is 5.32 Å². The Balaban J connectivity index is 1.68. The van der Waals surface area contributed by atoms with Crippen molar-refractivity contribution in [2.75, 3.05) is 16.8 Å². The fraction of sp³-hybridized carbons (Fsp3) is 0.375. The van der Waals surface area contributed by atoms with Gasteiger partial charge in [0.1, 0.15) is 5.82 Å². The van der Waals surface area contributed by atoms with Crippen molar-refractivity contribution in [1.82, 2.24) is 9.78 Å².